The topological polar surface area (TPSA) is 94.3 Å². The van der Waals surface area contributed by atoms with E-state index < -0.39 is 18.0 Å². The van der Waals surface area contributed by atoms with Crippen LogP contribution in [0.3, 0.4) is 0 Å². The van der Waals surface area contributed by atoms with Crippen LogP contribution < -0.4 is 5.32 Å². The summed E-state index contributed by atoms with van der Waals surface area (Å²) in [4.78, 5) is 34.0. The lowest BCUT2D eigenvalue weighted by molar-refractivity contribution is -0.124. The molecule has 2 heterocycles. The van der Waals surface area contributed by atoms with Crippen LogP contribution in [0.2, 0.25) is 5.02 Å². The number of hydrogen-bond acceptors (Lipinski definition) is 6. The molecule has 1 atom stereocenters. The number of anilines is 1. The predicted molar refractivity (Wildman–Crippen MR) is 117 cm³/mol. The Balaban J connectivity index is 1.55. The molecule has 0 radical (unpaired) electrons. The third kappa shape index (κ3) is 4.57. The van der Waals surface area contributed by atoms with Crippen molar-refractivity contribution < 1.29 is 18.7 Å². The van der Waals surface area contributed by atoms with Gasteiger partial charge in [0.05, 0.1) is 16.1 Å². The molecule has 1 unspecified atom stereocenters. The number of hydrogen-bond donors (Lipinski definition) is 1. The quantitative estimate of drug-likeness (QED) is 0.422. The number of rotatable bonds is 6. The van der Waals surface area contributed by atoms with Crippen LogP contribution in [0, 0.1) is 0 Å². The number of aromatic nitrogens is 2. The summed E-state index contributed by atoms with van der Waals surface area (Å²) in [6.07, 6.45) is 0.707. The van der Waals surface area contributed by atoms with Gasteiger partial charge in [0.2, 0.25) is 5.89 Å². The molecule has 4 aromatic rings. The summed E-state index contributed by atoms with van der Waals surface area (Å²) < 4.78 is 11.3. The summed E-state index contributed by atoms with van der Waals surface area (Å²) in [5, 5.41) is 3.08. The van der Waals surface area contributed by atoms with Crippen molar-refractivity contribution in [3.63, 3.8) is 0 Å². The molecule has 0 aliphatic carbocycles. The van der Waals surface area contributed by atoms with Gasteiger partial charge in [-0.05, 0) is 42.8 Å². The minimum absolute atomic E-state index is 0.255. The highest BCUT2D eigenvalue weighted by molar-refractivity contribution is 6.30. The molecule has 0 aliphatic rings. The summed E-state index contributed by atoms with van der Waals surface area (Å²) in [5.41, 5.74) is 2.03. The number of ether oxygens (including phenoxy) is 1. The van der Waals surface area contributed by atoms with E-state index in [9.17, 15) is 9.59 Å². The minimum atomic E-state index is -0.998. The van der Waals surface area contributed by atoms with Crippen LogP contribution in [-0.2, 0) is 9.53 Å². The molecule has 0 saturated heterocycles. The van der Waals surface area contributed by atoms with Crippen molar-refractivity contribution in [3.8, 4) is 11.5 Å². The van der Waals surface area contributed by atoms with Crippen LogP contribution >= 0.6 is 11.6 Å². The lowest BCUT2D eigenvalue weighted by atomic mass is 10.1. The molecule has 8 heteroatoms. The fourth-order valence-corrected chi connectivity index (χ4v) is 3.12. The molecule has 31 heavy (non-hydrogen) atoms. The zero-order chi connectivity index (χ0) is 21.8. The number of esters is 1. The van der Waals surface area contributed by atoms with Crippen molar-refractivity contribution >= 4 is 40.4 Å². The molecule has 2 aromatic carbocycles. The van der Waals surface area contributed by atoms with Gasteiger partial charge in [-0.2, -0.15) is 0 Å². The number of halogens is 1. The summed E-state index contributed by atoms with van der Waals surface area (Å²) >= 11 is 5.81. The third-order valence-corrected chi connectivity index (χ3v) is 4.79. The van der Waals surface area contributed by atoms with Crippen LogP contribution in [-0.4, -0.2) is 27.9 Å². The van der Waals surface area contributed by atoms with E-state index >= 15 is 0 Å². The van der Waals surface area contributed by atoms with Gasteiger partial charge >= 0.3 is 5.97 Å². The van der Waals surface area contributed by atoms with Crippen molar-refractivity contribution in [2.45, 2.75) is 19.4 Å². The smallest absolute Gasteiger partial charge is 0.339 e. The molecular weight excluding hydrogens is 418 g/mol. The van der Waals surface area contributed by atoms with Gasteiger partial charge in [0, 0.05) is 6.20 Å². The highest BCUT2D eigenvalue weighted by Gasteiger charge is 2.25. The minimum Gasteiger partial charge on any atom is -0.449 e. The first kappa shape index (κ1) is 20.6. The molecule has 0 saturated carbocycles. The monoisotopic (exact) mass is 435 g/mol. The lowest BCUT2D eigenvalue weighted by Gasteiger charge is -2.16. The Labute approximate surface area is 183 Å². The van der Waals surface area contributed by atoms with E-state index in [0.29, 0.717) is 33.4 Å². The maximum atomic E-state index is 12.9. The highest BCUT2D eigenvalue weighted by atomic mass is 35.5. The summed E-state index contributed by atoms with van der Waals surface area (Å²) in [7, 11) is 0. The first-order valence-corrected chi connectivity index (χ1v) is 10.0. The standard InChI is InChI=1S/C23H18ClN3O4/c1-2-18(21(28)27-20-12-11-14(24)13-25-20)31-23(29)16-8-4-3-7-15(16)22-26-17-9-5-6-10-19(17)30-22/h3-13,18H,2H2,1H3,(H,25,27,28). The van der Waals surface area contributed by atoms with E-state index in [-0.39, 0.29) is 12.0 Å². The van der Waals surface area contributed by atoms with Crippen molar-refractivity contribution in [1.29, 1.82) is 0 Å². The second-order valence-corrected chi connectivity index (χ2v) is 7.12. The van der Waals surface area contributed by atoms with E-state index in [0.717, 1.165) is 0 Å². The number of amides is 1. The van der Waals surface area contributed by atoms with Gasteiger partial charge in [0.1, 0.15) is 11.3 Å². The van der Waals surface area contributed by atoms with Gasteiger partial charge in [-0.25, -0.2) is 14.8 Å². The molecular formula is C23H18ClN3O4. The molecule has 2 aromatic heterocycles. The molecule has 1 amide bonds. The number of benzene rings is 2. The maximum absolute atomic E-state index is 12.9. The van der Waals surface area contributed by atoms with E-state index in [1.165, 1.54) is 6.20 Å². The number of oxazole rings is 1. The van der Waals surface area contributed by atoms with E-state index in [1.807, 2.05) is 18.2 Å². The average Bonchev–Trinajstić information content (AvgIpc) is 3.23. The zero-order valence-corrected chi connectivity index (χ0v) is 17.3. The maximum Gasteiger partial charge on any atom is 0.339 e. The Bertz CT molecular complexity index is 1200. The van der Waals surface area contributed by atoms with Gasteiger partial charge in [-0.1, -0.05) is 42.8 Å². The number of nitrogens with zero attached hydrogens (tertiary/aromatic N) is 2. The van der Waals surface area contributed by atoms with Crippen LogP contribution in [0.25, 0.3) is 22.6 Å². The molecule has 0 aliphatic heterocycles. The van der Waals surface area contributed by atoms with E-state index in [1.54, 1.807) is 49.4 Å². The largest absolute Gasteiger partial charge is 0.449 e. The van der Waals surface area contributed by atoms with Crippen molar-refractivity contribution in [1.82, 2.24) is 9.97 Å². The van der Waals surface area contributed by atoms with Crippen LogP contribution in [0.4, 0.5) is 5.82 Å². The third-order valence-electron chi connectivity index (χ3n) is 4.56. The molecule has 7 nitrogen and oxygen atoms in total. The number of carbonyl (C=O) groups excluding carboxylic acids is 2. The summed E-state index contributed by atoms with van der Waals surface area (Å²) in [6, 6.07) is 17.3. The van der Waals surface area contributed by atoms with Crippen LogP contribution in [0.5, 0.6) is 0 Å². The normalized spacial score (nSPS) is 11.8. The number of fused-ring (bicyclic) bond motifs is 1. The number of pyridine rings is 1. The van der Waals surface area contributed by atoms with Gasteiger partial charge in [-0.3, -0.25) is 4.79 Å². The number of carbonyl (C=O) groups is 2. The van der Waals surface area contributed by atoms with Crippen LogP contribution in [0.15, 0.2) is 71.3 Å². The van der Waals surface area contributed by atoms with Gasteiger partial charge in [0.25, 0.3) is 5.91 Å². The zero-order valence-electron chi connectivity index (χ0n) is 16.5. The second-order valence-electron chi connectivity index (χ2n) is 6.69. The Kier molecular flexibility index (Phi) is 5.95. The fraction of sp³-hybridized carbons (Fsp3) is 0.130. The first-order valence-electron chi connectivity index (χ1n) is 9.63. The van der Waals surface area contributed by atoms with Crippen molar-refractivity contribution in [2.75, 3.05) is 5.32 Å². The van der Waals surface area contributed by atoms with E-state index in [2.05, 4.69) is 15.3 Å². The predicted octanol–water partition coefficient (Wildman–Crippen LogP) is 5.12. The lowest BCUT2D eigenvalue weighted by Crippen LogP contribution is -2.32. The SMILES string of the molecule is CCC(OC(=O)c1ccccc1-c1nc2ccccc2o1)C(=O)Nc1ccc(Cl)cn1. The van der Waals surface area contributed by atoms with Gasteiger partial charge in [0.15, 0.2) is 11.7 Å². The molecule has 0 fully saturated rings. The molecule has 156 valence electrons. The number of nitrogens with one attached hydrogen (secondary N) is 1. The summed E-state index contributed by atoms with van der Waals surface area (Å²) in [5.74, 6) is -0.513. The molecule has 4 rings (SSSR count). The Morgan fingerprint density at radius 3 is 2.61 bits per heavy atom. The number of para-hydroxylation sites is 2. The summed E-state index contributed by atoms with van der Waals surface area (Å²) in [6.45, 7) is 1.75. The fourth-order valence-electron chi connectivity index (χ4n) is 3.01. The molecule has 0 bridgehead atoms. The molecule has 0 spiro atoms. The Morgan fingerprint density at radius 1 is 1.10 bits per heavy atom. The average molecular weight is 436 g/mol. The van der Waals surface area contributed by atoms with E-state index in [4.69, 9.17) is 20.8 Å². The highest BCUT2D eigenvalue weighted by Crippen LogP contribution is 2.27. The first-order chi connectivity index (χ1) is 15.0. The Morgan fingerprint density at radius 2 is 1.87 bits per heavy atom. The van der Waals surface area contributed by atoms with Gasteiger partial charge in [-0.15, -0.1) is 0 Å². The van der Waals surface area contributed by atoms with Crippen molar-refractivity contribution in [3.05, 3.63) is 77.4 Å². The Hall–Kier alpha value is -3.71. The van der Waals surface area contributed by atoms with Gasteiger partial charge < -0.3 is 14.5 Å². The second kappa shape index (κ2) is 8.97. The van der Waals surface area contributed by atoms with Crippen molar-refractivity contribution in [2.24, 2.45) is 0 Å². The van der Waals surface area contributed by atoms with Crippen LogP contribution in [0.1, 0.15) is 23.7 Å². The molecule has 1 N–H and O–H groups in total.